The van der Waals surface area contributed by atoms with Gasteiger partial charge in [0.05, 0.1) is 31.1 Å². The SMILES string of the molecule is COc1ccc(S(=O)(=O)N(CC(=O)NCc2ccc(-n3ccnc3)cc2)c2ccccc2F)cc1OC. The van der Waals surface area contributed by atoms with E-state index in [1.807, 2.05) is 35.0 Å². The minimum atomic E-state index is -4.35. The predicted octanol–water partition coefficient (Wildman–Crippen LogP) is 3.54. The van der Waals surface area contributed by atoms with Crippen LogP contribution in [0.2, 0.25) is 0 Å². The zero-order valence-electron chi connectivity index (χ0n) is 20.2. The van der Waals surface area contributed by atoms with Crippen LogP contribution in [0.25, 0.3) is 5.69 Å². The van der Waals surface area contributed by atoms with Gasteiger partial charge in [-0.15, -0.1) is 0 Å². The molecule has 0 spiro atoms. The molecule has 1 heterocycles. The molecule has 0 atom stereocenters. The van der Waals surface area contributed by atoms with E-state index in [2.05, 4.69) is 10.3 Å². The highest BCUT2D eigenvalue weighted by Gasteiger charge is 2.30. The van der Waals surface area contributed by atoms with Gasteiger partial charge in [0.1, 0.15) is 12.4 Å². The fourth-order valence-electron chi connectivity index (χ4n) is 3.64. The largest absolute Gasteiger partial charge is 0.493 e. The summed E-state index contributed by atoms with van der Waals surface area (Å²) in [5.74, 6) is -0.878. The molecule has 3 aromatic carbocycles. The molecule has 11 heteroatoms. The average Bonchev–Trinajstić information content (AvgIpc) is 3.46. The van der Waals surface area contributed by atoms with Crippen LogP contribution in [0.4, 0.5) is 10.1 Å². The zero-order chi connectivity index (χ0) is 26.4. The van der Waals surface area contributed by atoms with Crippen LogP contribution < -0.4 is 19.1 Å². The Kier molecular flexibility index (Phi) is 7.73. The second-order valence-corrected chi connectivity index (χ2v) is 9.76. The minimum absolute atomic E-state index is 0.157. The molecule has 0 saturated carbocycles. The summed E-state index contributed by atoms with van der Waals surface area (Å²) in [5, 5.41) is 2.71. The number of sulfonamides is 1. The molecule has 192 valence electrons. The summed E-state index contributed by atoms with van der Waals surface area (Å²) in [6.07, 6.45) is 5.16. The maximum absolute atomic E-state index is 14.7. The molecule has 0 saturated heterocycles. The van der Waals surface area contributed by atoms with E-state index < -0.39 is 28.3 Å². The Morgan fingerprint density at radius 1 is 1.03 bits per heavy atom. The number of para-hydroxylation sites is 1. The number of anilines is 1. The van der Waals surface area contributed by atoms with Crippen LogP contribution in [0.5, 0.6) is 11.5 Å². The molecule has 4 rings (SSSR count). The highest BCUT2D eigenvalue weighted by Crippen LogP contribution is 2.32. The molecular weight excluding hydrogens is 499 g/mol. The molecule has 9 nitrogen and oxygen atoms in total. The topological polar surface area (TPSA) is 103 Å². The van der Waals surface area contributed by atoms with Gasteiger partial charge in [-0.3, -0.25) is 9.10 Å². The van der Waals surface area contributed by atoms with Crippen molar-refractivity contribution in [2.24, 2.45) is 0 Å². The number of rotatable bonds is 10. The van der Waals surface area contributed by atoms with Crippen molar-refractivity contribution < 1.29 is 27.1 Å². The second-order valence-electron chi connectivity index (χ2n) is 7.89. The number of hydrogen-bond donors (Lipinski definition) is 1. The van der Waals surface area contributed by atoms with E-state index in [4.69, 9.17) is 9.47 Å². The summed E-state index contributed by atoms with van der Waals surface area (Å²) in [7, 11) is -1.56. The van der Waals surface area contributed by atoms with Crippen LogP contribution in [0.15, 0.2) is 90.3 Å². The van der Waals surface area contributed by atoms with Gasteiger partial charge in [-0.2, -0.15) is 0 Å². The van der Waals surface area contributed by atoms with Crippen molar-refractivity contribution >= 4 is 21.6 Å². The second kappa shape index (κ2) is 11.1. The average molecular weight is 525 g/mol. The van der Waals surface area contributed by atoms with E-state index in [1.54, 1.807) is 12.5 Å². The van der Waals surface area contributed by atoms with E-state index in [-0.39, 0.29) is 22.9 Å². The Morgan fingerprint density at radius 3 is 2.41 bits per heavy atom. The molecular formula is C26H25FN4O5S. The molecule has 0 aliphatic heterocycles. The number of imidazole rings is 1. The summed E-state index contributed by atoms with van der Waals surface area (Å²) in [6.45, 7) is -0.477. The molecule has 0 unspecified atom stereocenters. The van der Waals surface area contributed by atoms with Crippen LogP contribution in [0, 0.1) is 5.82 Å². The van der Waals surface area contributed by atoms with Crippen LogP contribution >= 0.6 is 0 Å². The molecule has 1 aromatic heterocycles. The lowest BCUT2D eigenvalue weighted by molar-refractivity contribution is -0.119. The fourth-order valence-corrected chi connectivity index (χ4v) is 5.09. The lowest BCUT2D eigenvalue weighted by atomic mass is 10.2. The number of methoxy groups -OCH3 is 2. The van der Waals surface area contributed by atoms with Crippen molar-refractivity contribution in [1.82, 2.24) is 14.9 Å². The quantitative estimate of drug-likeness (QED) is 0.341. The van der Waals surface area contributed by atoms with Gasteiger partial charge in [0.2, 0.25) is 5.91 Å². The summed E-state index contributed by atoms with van der Waals surface area (Å²) in [4.78, 5) is 16.7. The van der Waals surface area contributed by atoms with Gasteiger partial charge >= 0.3 is 0 Å². The number of halogens is 1. The first-order valence-corrected chi connectivity index (χ1v) is 12.6. The van der Waals surface area contributed by atoms with E-state index in [1.165, 1.54) is 50.6 Å². The smallest absolute Gasteiger partial charge is 0.265 e. The van der Waals surface area contributed by atoms with Gasteiger partial charge in [-0.1, -0.05) is 24.3 Å². The number of nitrogens with zero attached hydrogens (tertiary/aromatic N) is 3. The number of benzene rings is 3. The first kappa shape index (κ1) is 25.7. The number of hydrogen-bond acceptors (Lipinski definition) is 6. The molecule has 0 radical (unpaired) electrons. The van der Waals surface area contributed by atoms with Crippen molar-refractivity contribution in [2.45, 2.75) is 11.4 Å². The lowest BCUT2D eigenvalue weighted by Gasteiger charge is -2.25. The zero-order valence-corrected chi connectivity index (χ0v) is 21.0. The molecule has 0 aliphatic rings. The van der Waals surface area contributed by atoms with Gasteiger partial charge < -0.3 is 19.4 Å². The van der Waals surface area contributed by atoms with Crippen molar-refractivity contribution in [3.05, 3.63) is 96.8 Å². The van der Waals surface area contributed by atoms with Crippen LogP contribution in [-0.4, -0.2) is 44.6 Å². The summed E-state index contributed by atoms with van der Waals surface area (Å²) in [6, 6.07) is 16.8. The number of ether oxygens (including phenoxy) is 2. The Hall–Kier alpha value is -4.38. The van der Waals surface area contributed by atoms with Crippen molar-refractivity contribution in [2.75, 3.05) is 25.1 Å². The Balaban J connectivity index is 1.55. The maximum atomic E-state index is 14.7. The Labute approximate surface area is 214 Å². The van der Waals surface area contributed by atoms with E-state index in [0.717, 1.165) is 21.6 Å². The summed E-state index contributed by atoms with van der Waals surface area (Å²) in [5.41, 5.74) is 1.45. The third kappa shape index (κ3) is 5.72. The first-order chi connectivity index (χ1) is 17.8. The predicted molar refractivity (Wildman–Crippen MR) is 136 cm³/mol. The van der Waals surface area contributed by atoms with Gasteiger partial charge in [-0.05, 0) is 42.0 Å². The van der Waals surface area contributed by atoms with Crippen molar-refractivity contribution in [3.63, 3.8) is 0 Å². The van der Waals surface area contributed by atoms with Gasteiger partial charge in [-0.25, -0.2) is 17.8 Å². The van der Waals surface area contributed by atoms with Crippen molar-refractivity contribution in [1.29, 1.82) is 0 Å². The maximum Gasteiger partial charge on any atom is 0.265 e. The molecule has 0 fully saturated rings. The molecule has 1 N–H and O–H groups in total. The van der Waals surface area contributed by atoms with Crippen LogP contribution in [-0.2, 0) is 21.4 Å². The summed E-state index contributed by atoms with van der Waals surface area (Å²) < 4.78 is 54.9. The standard InChI is InChI=1S/C26H25FN4O5S/c1-35-24-12-11-21(15-25(24)36-2)37(33,34)31(23-6-4-3-5-22(23)27)17-26(32)29-16-19-7-9-20(10-8-19)30-14-13-28-18-30/h3-15,18H,16-17H2,1-2H3,(H,29,32). The van der Waals surface area contributed by atoms with E-state index >= 15 is 0 Å². The molecule has 37 heavy (non-hydrogen) atoms. The van der Waals surface area contributed by atoms with E-state index in [0.29, 0.717) is 5.75 Å². The van der Waals surface area contributed by atoms with Crippen molar-refractivity contribution in [3.8, 4) is 17.2 Å². The Morgan fingerprint density at radius 2 is 1.76 bits per heavy atom. The molecule has 0 bridgehead atoms. The Bertz CT molecular complexity index is 1480. The number of carbonyl (C=O) groups is 1. The van der Waals surface area contributed by atoms with Gasteiger partial charge in [0, 0.05) is 30.7 Å². The minimum Gasteiger partial charge on any atom is -0.493 e. The van der Waals surface area contributed by atoms with Gasteiger partial charge in [0.15, 0.2) is 11.5 Å². The number of carbonyl (C=O) groups excluding carboxylic acids is 1. The highest BCUT2D eigenvalue weighted by atomic mass is 32.2. The van der Waals surface area contributed by atoms with Crippen LogP contribution in [0.1, 0.15) is 5.56 Å². The molecule has 4 aromatic rings. The van der Waals surface area contributed by atoms with Crippen LogP contribution in [0.3, 0.4) is 0 Å². The highest BCUT2D eigenvalue weighted by molar-refractivity contribution is 7.92. The summed E-state index contributed by atoms with van der Waals surface area (Å²) >= 11 is 0. The fraction of sp³-hybridized carbons (Fsp3) is 0.154. The number of aromatic nitrogens is 2. The first-order valence-electron chi connectivity index (χ1n) is 11.2. The van der Waals surface area contributed by atoms with E-state index in [9.17, 15) is 17.6 Å². The monoisotopic (exact) mass is 524 g/mol. The third-order valence-electron chi connectivity index (χ3n) is 5.58. The third-order valence-corrected chi connectivity index (χ3v) is 7.34. The number of amides is 1. The van der Waals surface area contributed by atoms with Gasteiger partial charge in [0.25, 0.3) is 10.0 Å². The molecule has 0 aliphatic carbocycles. The number of nitrogens with one attached hydrogen (secondary N) is 1. The molecule has 1 amide bonds. The normalized spacial score (nSPS) is 11.1. The lowest BCUT2D eigenvalue weighted by Crippen LogP contribution is -2.41.